The minimum Gasteiger partial charge on any atom is -0.383 e. The Kier molecular flexibility index (Phi) is 9.21. The van der Waals surface area contributed by atoms with E-state index in [1.165, 1.54) is 5.56 Å². The maximum absolute atomic E-state index is 11.8. The quantitative estimate of drug-likeness (QED) is 0.775. The van der Waals surface area contributed by atoms with Crippen LogP contribution in [0.3, 0.4) is 0 Å². The van der Waals surface area contributed by atoms with Crippen molar-refractivity contribution in [2.75, 3.05) is 33.9 Å². The standard InChI is InChI=1S/C14H22N2O2.ClH/c1-12-4-6-13(7-5-12)11-16(2)14(17)10-15-8-9-18-3;/h4-7,15H,8-11H2,1-3H3;1H. The van der Waals surface area contributed by atoms with Crippen LogP contribution in [0, 0.1) is 6.92 Å². The molecule has 0 fully saturated rings. The number of amides is 1. The van der Waals surface area contributed by atoms with Crippen molar-refractivity contribution in [2.24, 2.45) is 0 Å². The molecule has 0 bridgehead atoms. The molecule has 4 nitrogen and oxygen atoms in total. The number of aryl methyl sites for hydroxylation is 1. The molecule has 0 saturated carbocycles. The summed E-state index contributed by atoms with van der Waals surface area (Å²) in [7, 11) is 3.47. The lowest BCUT2D eigenvalue weighted by Gasteiger charge is -2.17. The van der Waals surface area contributed by atoms with Crippen LogP contribution in [0.4, 0.5) is 0 Å². The highest BCUT2D eigenvalue weighted by Crippen LogP contribution is 2.05. The van der Waals surface area contributed by atoms with Crippen molar-refractivity contribution in [3.05, 3.63) is 35.4 Å². The van der Waals surface area contributed by atoms with E-state index in [4.69, 9.17) is 4.74 Å². The maximum atomic E-state index is 11.8. The van der Waals surface area contributed by atoms with Gasteiger partial charge in [0.15, 0.2) is 0 Å². The van der Waals surface area contributed by atoms with Crippen LogP contribution < -0.4 is 5.32 Å². The predicted octanol–water partition coefficient (Wildman–Crippen LogP) is 1.61. The van der Waals surface area contributed by atoms with Crippen molar-refractivity contribution in [3.8, 4) is 0 Å². The van der Waals surface area contributed by atoms with Crippen LogP contribution in [0.25, 0.3) is 0 Å². The van der Waals surface area contributed by atoms with E-state index in [1.807, 2.05) is 7.05 Å². The molecule has 0 spiro atoms. The first kappa shape index (κ1) is 17.9. The predicted molar refractivity (Wildman–Crippen MR) is 79.6 cm³/mol. The summed E-state index contributed by atoms with van der Waals surface area (Å²) in [4.78, 5) is 13.5. The molecule has 108 valence electrons. The fourth-order valence-corrected chi connectivity index (χ4v) is 1.56. The monoisotopic (exact) mass is 286 g/mol. The van der Waals surface area contributed by atoms with E-state index in [0.29, 0.717) is 26.2 Å². The summed E-state index contributed by atoms with van der Waals surface area (Å²) in [6.45, 7) is 4.37. The van der Waals surface area contributed by atoms with Crippen molar-refractivity contribution < 1.29 is 9.53 Å². The first-order valence-corrected chi connectivity index (χ1v) is 6.12. The van der Waals surface area contributed by atoms with Gasteiger partial charge in [-0.2, -0.15) is 0 Å². The van der Waals surface area contributed by atoms with Crippen LogP contribution in [0.15, 0.2) is 24.3 Å². The third-order valence-corrected chi connectivity index (χ3v) is 2.73. The van der Waals surface area contributed by atoms with Crippen LogP contribution in [0.2, 0.25) is 0 Å². The van der Waals surface area contributed by atoms with E-state index in [1.54, 1.807) is 12.0 Å². The molecule has 5 heteroatoms. The summed E-state index contributed by atoms with van der Waals surface area (Å²) in [5.41, 5.74) is 2.38. The van der Waals surface area contributed by atoms with Gasteiger partial charge in [0.2, 0.25) is 5.91 Å². The smallest absolute Gasteiger partial charge is 0.236 e. The van der Waals surface area contributed by atoms with Gasteiger partial charge in [-0.05, 0) is 12.5 Å². The zero-order chi connectivity index (χ0) is 13.4. The van der Waals surface area contributed by atoms with E-state index >= 15 is 0 Å². The number of nitrogens with zero attached hydrogens (tertiary/aromatic N) is 1. The van der Waals surface area contributed by atoms with E-state index < -0.39 is 0 Å². The second-order valence-electron chi connectivity index (χ2n) is 4.40. The van der Waals surface area contributed by atoms with Gasteiger partial charge in [-0.3, -0.25) is 4.79 Å². The number of hydrogen-bond donors (Lipinski definition) is 1. The van der Waals surface area contributed by atoms with Crippen LogP contribution in [0.1, 0.15) is 11.1 Å². The minimum absolute atomic E-state index is 0. The molecule has 0 saturated heterocycles. The van der Waals surface area contributed by atoms with E-state index in [2.05, 4.69) is 36.5 Å². The first-order valence-electron chi connectivity index (χ1n) is 6.12. The highest BCUT2D eigenvalue weighted by atomic mass is 35.5. The third-order valence-electron chi connectivity index (χ3n) is 2.73. The van der Waals surface area contributed by atoms with Gasteiger partial charge in [0.25, 0.3) is 0 Å². The fraction of sp³-hybridized carbons (Fsp3) is 0.500. The van der Waals surface area contributed by atoms with Gasteiger partial charge in [0.05, 0.1) is 13.2 Å². The van der Waals surface area contributed by atoms with Crippen molar-refractivity contribution in [2.45, 2.75) is 13.5 Å². The lowest BCUT2D eigenvalue weighted by Crippen LogP contribution is -2.36. The van der Waals surface area contributed by atoms with Crippen LogP contribution in [-0.2, 0) is 16.1 Å². The highest BCUT2D eigenvalue weighted by molar-refractivity contribution is 5.85. The number of carbonyl (C=O) groups excluding carboxylic acids is 1. The summed E-state index contributed by atoms with van der Waals surface area (Å²) in [6, 6.07) is 8.23. The van der Waals surface area contributed by atoms with Gasteiger partial charge >= 0.3 is 0 Å². The summed E-state index contributed by atoms with van der Waals surface area (Å²) in [5, 5.41) is 3.05. The fourth-order valence-electron chi connectivity index (χ4n) is 1.56. The van der Waals surface area contributed by atoms with Crippen molar-refractivity contribution in [3.63, 3.8) is 0 Å². The number of halogens is 1. The van der Waals surface area contributed by atoms with Crippen LogP contribution >= 0.6 is 12.4 Å². The van der Waals surface area contributed by atoms with Gasteiger partial charge in [-0.1, -0.05) is 29.8 Å². The SMILES string of the molecule is COCCNCC(=O)N(C)Cc1ccc(C)cc1.Cl. The van der Waals surface area contributed by atoms with Gasteiger partial charge in [-0.25, -0.2) is 0 Å². The van der Waals surface area contributed by atoms with E-state index in [-0.39, 0.29) is 18.3 Å². The summed E-state index contributed by atoms with van der Waals surface area (Å²) in [5.74, 6) is 0.0895. The first-order chi connectivity index (χ1) is 8.63. The van der Waals surface area contributed by atoms with E-state index in [0.717, 1.165) is 5.56 Å². The molecule has 1 amide bonds. The molecular weight excluding hydrogens is 264 g/mol. The molecule has 1 rings (SSSR count). The summed E-state index contributed by atoms with van der Waals surface area (Å²) in [6.07, 6.45) is 0. The Bertz CT molecular complexity index is 368. The Labute approximate surface area is 121 Å². The van der Waals surface area contributed by atoms with Gasteiger partial charge in [0, 0.05) is 27.2 Å². The Hall–Kier alpha value is -1.10. The molecule has 0 aliphatic carbocycles. The number of methoxy groups -OCH3 is 1. The number of nitrogens with one attached hydrogen (secondary N) is 1. The minimum atomic E-state index is 0. The summed E-state index contributed by atoms with van der Waals surface area (Å²) < 4.78 is 4.90. The van der Waals surface area contributed by atoms with Gasteiger partial charge < -0.3 is 15.0 Å². The Morgan fingerprint density at radius 2 is 1.95 bits per heavy atom. The molecular formula is C14H23ClN2O2. The topological polar surface area (TPSA) is 41.6 Å². The second-order valence-corrected chi connectivity index (χ2v) is 4.40. The number of rotatable bonds is 7. The van der Waals surface area contributed by atoms with Crippen molar-refractivity contribution in [1.82, 2.24) is 10.2 Å². The molecule has 19 heavy (non-hydrogen) atoms. The molecule has 1 aromatic carbocycles. The highest BCUT2D eigenvalue weighted by Gasteiger charge is 2.08. The molecule has 1 aromatic rings. The average Bonchev–Trinajstić information content (AvgIpc) is 2.37. The molecule has 0 aliphatic heterocycles. The third kappa shape index (κ3) is 7.15. The largest absolute Gasteiger partial charge is 0.383 e. The van der Waals surface area contributed by atoms with E-state index in [9.17, 15) is 4.79 Å². The zero-order valence-corrected chi connectivity index (χ0v) is 12.6. The molecule has 0 heterocycles. The number of likely N-dealkylation sites (N-methyl/N-ethyl adjacent to an activating group) is 1. The molecule has 0 radical (unpaired) electrons. The molecule has 1 N–H and O–H groups in total. The lowest BCUT2D eigenvalue weighted by molar-refractivity contribution is -0.129. The van der Waals surface area contributed by atoms with Gasteiger partial charge in [-0.15, -0.1) is 12.4 Å². The van der Waals surface area contributed by atoms with Crippen LogP contribution in [0.5, 0.6) is 0 Å². The molecule has 0 unspecified atom stereocenters. The maximum Gasteiger partial charge on any atom is 0.236 e. The Morgan fingerprint density at radius 3 is 2.53 bits per heavy atom. The molecule has 0 atom stereocenters. The zero-order valence-electron chi connectivity index (χ0n) is 11.8. The second kappa shape index (κ2) is 9.78. The van der Waals surface area contributed by atoms with Gasteiger partial charge in [0.1, 0.15) is 0 Å². The number of benzene rings is 1. The molecule has 0 aliphatic rings. The van der Waals surface area contributed by atoms with Crippen LogP contribution in [-0.4, -0.2) is 44.7 Å². The number of carbonyl (C=O) groups is 1. The van der Waals surface area contributed by atoms with Crippen molar-refractivity contribution >= 4 is 18.3 Å². The number of hydrogen-bond acceptors (Lipinski definition) is 3. The van der Waals surface area contributed by atoms with Crippen molar-refractivity contribution in [1.29, 1.82) is 0 Å². The normalized spacial score (nSPS) is 9.84. The summed E-state index contributed by atoms with van der Waals surface area (Å²) >= 11 is 0. The Balaban J connectivity index is 0.00000324. The number of ether oxygens (including phenoxy) is 1. The Morgan fingerprint density at radius 1 is 1.32 bits per heavy atom. The lowest BCUT2D eigenvalue weighted by atomic mass is 10.1. The molecule has 0 aromatic heterocycles. The average molecular weight is 287 g/mol.